The topological polar surface area (TPSA) is 47.6 Å². The van der Waals surface area contributed by atoms with Crippen molar-refractivity contribution in [1.29, 1.82) is 0 Å². The van der Waals surface area contributed by atoms with E-state index in [-0.39, 0.29) is 5.91 Å². The third-order valence-corrected chi connectivity index (χ3v) is 4.30. The number of carbonyl (C=O) groups excluding carboxylic acids is 1. The molecule has 0 saturated carbocycles. The summed E-state index contributed by atoms with van der Waals surface area (Å²) in [5.41, 5.74) is 2.34. The number of ether oxygens (including phenoxy) is 2. The first-order valence-corrected chi connectivity index (χ1v) is 7.40. The second kappa shape index (κ2) is 5.77. The monoisotopic (exact) mass is 347 g/mol. The van der Waals surface area contributed by atoms with Crippen LogP contribution in [0.1, 0.15) is 15.9 Å². The Bertz CT molecular complexity index is 700. The van der Waals surface area contributed by atoms with Crippen LogP contribution in [0.5, 0.6) is 11.5 Å². The summed E-state index contributed by atoms with van der Waals surface area (Å²) in [7, 11) is 0. The van der Waals surface area contributed by atoms with Gasteiger partial charge in [-0.25, -0.2) is 0 Å². The molecule has 2 aromatic rings. The summed E-state index contributed by atoms with van der Waals surface area (Å²) in [6.45, 7) is 3.01. The van der Waals surface area contributed by atoms with E-state index in [4.69, 9.17) is 9.47 Å². The minimum Gasteiger partial charge on any atom is -0.486 e. The van der Waals surface area contributed by atoms with E-state index in [0.717, 1.165) is 15.7 Å². The maximum absolute atomic E-state index is 12.3. The van der Waals surface area contributed by atoms with Crippen LogP contribution in [0.4, 0.5) is 5.69 Å². The van der Waals surface area contributed by atoms with Gasteiger partial charge in [0.1, 0.15) is 13.2 Å². The summed E-state index contributed by atoms with van der Waals surface area (Å²) < 4.78 is 11.8. The normalized spacial score (nSPS) is 12.9. The largest absolute Gasteiger partial charge is 0.486 e. The lowest BCUT2D eigenvalue weighted by Gasteiger charge is -2.18. The Kier molecular flexibility index (Phi) is 3.84. The quantitative estimate of drug-likeness (QED) is 0.899. The molecule has 108 valence electrons. The van der Waals surface area contributed by atoms with Gasteiger partial charge in [0.2, 0.25) is 0 Å². The van der Waals surface area contributed by atoms with E-state index >= 15 is 0 Å². The molecular formula is C16H14BrNO3. The van der Waals surface area contributed by atoms with Crippen molar-refractivity contribution in [2.24, 2.45) is 0 Å². The molecule has 2 aromatic carbocycles. The zero-order valence-corrected chi connectivity index (χ0v) is 13.1. The summed E-state index contributed by atoms with van der Waals surface area (Å²) in [5, 5.41) is 2.89. The number of halogens is 1. The lowest BCUT2D eigenvalue weighted by atomic mass is 10.1. The Morgan fingerprint density at radius 2 is 1.90 bits per heavy atom. The third-order valence-electron chi connectivity index (χ3n) is 3.24. The van der Waals surface area contributed by atoms with Gasteiger partial charge in [-0.15, -0.1) is 0 Å². The summed E-state index contributed by atoms with van der Waals surface area (Å²) in [4.78, 5) is 12.3. The fourth-order valence-electron chi connectivity index (χ4n) is 2.12. The summed E-state index contributed by atoms with van der Waals surface area (Å²) in [5.74, 6) is 1.10. The molecule has 21 heavy (non-hydrogen) atoms. The average Bonchev–Trinajstić information content (AvgIpc) is 2.51. The van der Waals surface area contributed by atoms with Crippen molar-refractivity contribution in [1.82, 2.24) is 0 Å². The number of carbonyl (C=O) groups is 1. The Labute approximate surface area is 131 Å². The highest BCUT2D eigenvalue weighted by Gasteiger charge is 2.15. The van der Waals surface area contributed by atoms with Gasteiger partial charge in [0.15, 0.2) is 11.5 Å². The molecule has 1 amide bonds. The highest BCUT2D eigenvalue weighted by Crippen LogP contribution is 2.31. The molecule has 1 N–H and O–H groups in total. The smallest absolute Gasteiger partial charge is 0.255 e. The van der Waals surface area contributed by atoms with Crippen molar-refractivity contribution in [3.63, 3.8) is 0 Å². The average molecular weight is 348 g/mol. The van der Waals surface area contributed by atoms with Crippen LogP contribution in [0.2, 0.25) is 0 Å². The molecule has 0 radical (unpaired) electrons. The molecule has 0 spiro atoms. The first-order chi connectivity index (χ1) is 10.1. The Morgan fingerprint density at radius 1 is 1.14 bits per heavy atom. The van der Waals surface area contributed by atoms with Crippen molar-refractivity contribution in [2.75, 3.05) is 18.5 Å². The van der Waals surface area contributed by atoms with E-state index in [9.17, 15) is 4.79 Å². The number of nitrogens with one attached hydrogen (secondary N) is 1. The second-order valence-electron chi connectivity index (χ2n) is 4.75. The van der Waals surface area contributed by atoms with E-state index in [1.807, 2.05) is 25.1 Å². The Morgan fingerprint density at radius 3 is 2.71 bits per heavy atom. The van der Waals surface area contributed by atoms with Crippen LogP contribution in [-0.4, -0.2) is 19.1 Å². The number of fused-ring (bicyclic) bond motifs is 1. The predicted molar refractivity (Wildman–Crippen MR) is 84.3 cm³/mol. The lowest BCUT2D eigenvalue weighted by Crippen LogP contribution is -2.17. The van der Waals surface area contributed by atoms with E-state index in [1.165, 1.54) is 0 Å². The highest BCUT2D eigenvalue weighted by atomic mass is 79.9. The zero-order chi connectivity index (χ0) is 14.8. The van der Waals surface area contributed by atoms with Crippen LogP contribution in [0.3, 0.4) is 0 Å². The molecule has 5 heteroatoms. The maximum atomic E-state index is 12.3. The van der Waals surface area contributed by atoms with Gasteiger partial charge >= 0.3 is 0 Å². The zero-order valence-electron chi connectivity index (χ0n) is 11.5. The van der Waals surface area contributed by atoms with Gasteiger partial charge in [0.25, 0.3) is 5.91 Å². The molecule has 0 aliphatic carbocycles. The van der Waals surface area contributed by atoms with Crippen molar-refractivity contribution >= 4 is 27.5 Å². The van der Waals surface area contributed by atoms with Gasteiger partial charge in [-0.3, -0.25) is 4.79 Å². The molecule has 0 fully saturated rings. The van der Waals surface area contributed by atoms with Gasteiger partial charge in [0, 0.05) is 10.0 Å². The number of amides is 1. The van der Waals surface area contributed by atoms with Gasteiger partial charge in [-0.2, -0.15) is 0 Å². The maximum Gasteiger partial charge on any atom is 0.255 e. The van der Waals surface area contributed by atoms with E-state index in [0.29, 0.717) is 30.3 Å². The van der Waals surface area contributed by atoms with Crippen LogP contribution in [-0.2, 0) is 0 Å². The predicted octanol–water partition coefficient (Wildman–Crippen LogP) is 3.78. The molecule has 0 aromatic heterocycles. The van der Waals surface area contributed by atoms with Crippen LogP contribution in [0, 0.1) is 6.92 Å². The number of rotatable bonds is 2. The van der Waals surface area contributed by atoms with Gasteiger partial charge in [-0.05, 0) is 52.7 Å². The molecule has 1 aliphatic heterocycles. The summed E-state index contributed by atoms with van der Waals surface area (Å²) in [6.07, 6.45) is 0. The molecule has 4 nitrogen and oxygen atoms in total. The first-order valence-electron chi connectivity index (χ1n) is 6.61. The molecule has 0 unspecified atom stereocenters. The van der Waals surface area contributed by atoms with Crippen molar-refractivity contribution in [3.05, 3.63) is 52.0 Å². The fraction of sp³-hybridized carbons (Fsp3) is 0.188. The molecular weight excluding hydrogens is 334 g/mol. The van der Waals surface area contributed by atoms with Crippen molar-refractivity contribution in [2.45, 2.75) is 6.92 Å². The van der Waals surface area contributed by atoms with Crippen LogP contribution in [0.15, 0.2) is 40.9 Å². The summed E-state index contributed by atoms with van der Waals surface area (Å²) in [6, 6.07) is 10.9. The number of anilines is 1. The van der Waals surface area contributed by atoms with Gasteiger partial charge in [-0.1, -0.05) is 12.1 Å². The van der Waals surface area contributed by atoms with E-state index < -0.39 is 0 Å². The van der Waals surface area contributed by atoms with Crippen molar-refractivity contribution < 1.29 is 14.3 Å². The van der Waals surface area contributed by atoms with Gasteiger partial charge < -0.3 is 14.8 Å². The number of hydrogen-bond donors (Lipinski definition) is 1. The van der Waals surface area contributed by atoms with Crippen LogP contribution < -0.4 is 14.8 Å². The lowest BCUT2D eigenvalue weighted by molar-refractivity contribution is 0.102. The molecule has 0 saturated heterocycles. The standard InChI is InChI=1S/C16H14BrNO3/c1-10-3-2-4-12(15(10)17)18-16(19)11-5-6-13-14(9-11)21-8-7-20-13/h2-6,9H,7-8H2,1H3,(H,18,19). The minimum atomic E-state index is -0.182. The Hall–Kier alpha value is -2.01. The minimum absolute atomic E-state index is 0.182. The van der Waals surface area contributed by atoms with Gasteiger partial charge in [0.05, 0.1) is 5.69 Å². The second-order valence-corrected chi connectivity index (χ2v) is 5.54. The molecule has 1 heterocycles. The molecule has 1 aliphatic rings. The third kappa shape index (κ3) is 2.88. The fourth-order valence-corrected chi connectivity index (χ4v) is 2.49. The number of aryl methyl sites for hydroxylation is 1. The first kappa shape index (κ1) is 13.9. The van der Waals surface area contributed by atoms with E-state index in [2.05, 4.69) is 21.2 Å². The highest BCUT2D eigenvalue weighted by molar-refractivity contribution is 9.10. The SMILES string of the molecule is Cc1cccc(NC(=O)c2ccc3c(c2)OCCO3)c1Br. The van der Waals surface area contributed by atoms with Crippen molar-refractivity contribution in [3.8, 4) is 11.5 Å². The number of benzene rings is 2. The van der Waals surface area contributed by atoms with Crippen LogP contribution >= 0.6 is 15.9 Å². The van der Waals surface area contributed by atoms with Crippen LogP contribution in [0.25, 0.3) is 0 Å². The Balaban J connectivity index is 1.84. The molecule has 0 atom stereocenters. The summed E-state index contributed by atoms with van der Waals surface area (Å²) >= 11 is 3.48. The number of hydrogen-bond acceptors (Lipinski definition) is 3. The molecule has 0 bridgehead atoms. The molecule has 3 rings (SSSR count). The van der Waals surface area contributed by atoms with E-state index in [1.54, 1.807) is 18.2 Å².